The summed E-state index contributed by atoms with van der Waals surface area (Å²) in [5.74, 6) is -1.39. The maximum Gasteiger partial charge on any atom is 0.312 e. The fourth-order valence-corrected chi connectivity index (χ4v) is 4.72. The van der Waals surface area contributed by atoms with E-state index in [1.807, 2.05) is 56.3 Å². The van der Waals surface area contributed by atoms with E-state index in [0.717, 1.165) is 5.56 Å². The standard InChI is InChI=1S/C18H27N3O4S/c1-14(15-7-5-4-6-8-15)19-17(22)18(23)21(11-10-20(2)3)16-9-12-26(24,25)13-16/h4-8,14,16H,9-13H2,1-3H3,(H,19,22). The zero-order valence-electron chi connectivity index (χ0n) is 15.5. The number of hydrogen-bond donors (Lipinski definition) is 1. The lowest BCUT2D eigenvalue weighted by atomic mass is 10.1. The molecule has 8 heteroatoms. The Bertz CT molecular complexity index is 734. The lowest BCUT2D eigenvalue weighted by Gasteiger charge is -2.29. The molecule has 2 rings (SSSR count). The van der Waals surface area contributed by atoms with Crippen LogP contribution in [-0.2, 0) is 19.4 Å². The predicted molar refractivity (Wildman–Crippen MR) is 100 cm³/mol. The Morgan fingerprint density at radius 2 is 1.85 bits per heavy atom. The molecule has 26 heavy (non-hydrogen) atoms. The summed E-state index contributed by atoms with van der Waals surface area (Å²) in [6.45, 7) is 2.69. The van der Waals surface area contributed by atoms with E-state index in [-0.39, 0.29) is 17.5 Å². The molecular weight excluding hydrogens is 354 g/mol. The molecule has 7 nitrogen and oxygen atoms in total. The van der Waals surface area contributed by atoms with Crippen molar-refractivity contribution in [3.8, 4) is 0 Å². The molecule has 2 amide bonds. The van der Waals surface area contributed by atoms with Gasteiger partial charge in [0.05, 0.1) is 17.5 Å². The average Bonchev–Trinajstić information content (AvgIpc) is 2.95. The second-order valence-electron chi connectivity index (χ2n) is 6.96. The van der Waals surface area contributed by atoms with Crippen LogP contribution in [0.1, 0.15) is 24.9 Å². The van der Waals surface area contributed by atoms with Gasteiger partial charge in [0, 0.05) is 19.1 Å². The Labute approximate surface area is 155 Å². The number of carbonyl (C=O) groups excluding carboxylic acids is 2. The maximum absolute atomic E-state index is 12.7. The van der Waals surface area contributed by atoms with Crippen molar-refractivity contribution in [2.45, 2.75) is 25.4 Å². The molecule has 1 aliphatic rings. The average molecular weight is 381 g/mol. The Morgan fingerprint density at radius 3 is 2.38 bits per heavy atom. The first kappa shape index (κ1) is 20.4. The van der Waals surface area contributed by atoms with Crippen molar-refractivity contribution in [2.75, 3.05) is 38.7 Å². The largest absolute Gasteiger partial charge is 0.341 e. The van der Waals surface area contributed by atoms with Gasteiger partial charge in [-0.2, -0.15) is 0 Å². The van der Waals surface area contributed by atoms with Crippen LogP contribution in [0.3, 0.4) is 0 Å². The van der Waals surface area contributed by atoms with E-state index < -0.39 is 27.7 Å². The fraction of sp³-hybridized carbons (Fsp3) is 0.556. The minimum absolute atomic E-state index is 0.0610. The summed E-state index contributed by atoms with van der Waals surface area (Å²) >= 11 is 0. The zero-order chi connectivity index (χ0) is 19.3. The van der Waals surface area contributed by atoms with Crippen LogP contribution >= 0.6 is 0 Å². The Kier molecular flexibility index (Phi) is 6.77. The smallest absolute Gasteiger partial charge is 0.312 e. The van der Waals surface area contributed by atoms with Crippen LogP contribution in [0.25, 0.3) is 0 Å². The Hall–Kier alpha value is -1.93. The molecule has 1 N–H and O–H groups in total. The number of hydrogen-bond acceptors (Lipinski definition) is 5. The number of nitrogens with one attached hydrogen (secondary N) is 1. The molecule has 0 bridgehead atoms. The van der Waals surface area contributed by atoms with E-state index in [9.17, 15) is 18.0 Å². The van der Waals surface area contributed by atoms with Crippen molar-refractivity contribution in [2.24, 2.45) is 0 Å². The lowest BCUT2D eigenvalue weighted by molar-refractivity contribution is -0.147. The maximum atomic E-state index is 12.7. The van der Waals surface area contributed by atoms with Gasteiger partial charge in [-0.15, -0.1) is 0 Å². The number of amides is 2. The van der Waals surface area contributed by atoms with E-state index in [4.69, 9.17) is 0 Å². The summed E-state index contributed by atoms with van der Waals surface area (Å²) < 4.78 is 23.6. The second kappa shape index (κ2) is 8.64. The van der Waals surface area contributed by atoms with Crippen molar-refractivity contribution in [1.29, 1.82) is 0 Å². The van der Waals surface area contributed by atoms with Gasteiger partial charge in [0.2, 0.25) is 0 Å². The molecule has 1 aromatic rings. The van der Waals surface area contributed by atoms with Crippen LogP contribution in [0.4, 0.5) is 0 Å². The van der Waals surface area contributed by atoms with Crippen LogP contribution in [-0.4, -0.2) is 74.8 Å². The van der Waals surface area contributed by atoms with Gasteiger partial charge in [-0.3, -0.25) is 9.59 Å². The SMILES string of the molecule is CC(NC(=O)C(=O)N(CCN(C)C)C1CCS(=O)(=O)C1)c1ccccc1. The van der Waals surface area contributed by atoms with Gasteiger partial charge < -0.3 is 15.1 Å². The van der Waals surface area contributed by atoms with Crippen LogP contribution in [0.5, 0.6) is 0 Å². The first-order valence-electron chi connectivity index (χ1n) is 8.71. The summed E-state index contributed by atoms with van der Waals surface area (Å²) in [6.07, 6.45) is 0.378. The zero-order valence-corrected chi connectivity index (χ0v) is 16.3. The molecule has 1 aromatic carbocycles. The number of benzene rings is 1. The van der Waals surface area contributed by atoms with E-state index in [1.165, 1.54) is 4.90 Å². The highest BCUT2D eigenvalue weighted by molar-refractivity contribution is 7.91. The van der Waals surface area contributed by atoms with Gasteiger partial charge in [0.1, 0.15) is 0 Å². The van der Waals surface area contributed by atoms with Crippen molar-refractivity contribution in [3.63, 3.8) is 0 Å². The highest BCUT2D eigenvalue weighted by atomic mass is 32.2. The topological polar surface area (TPSA) is 86.8 Å². The molecule has 0 spiro atoms. The second-order valence-corrected chi connectivity index (χ2v) is 9.19. The van der Waals surface area contributed by atoms with Crippen molar-refractivity contribution >= 4 is 21.7 Å². The molecule has 1 fully saturated rings. The van der Waals surface area contributed by atoms with E-state index in [0.29, 0.717) is 19.5 Å². The van der Waals surface area contributed by atoms with Gasteiger partial charge in [0.25, 0.3) is 0 Å². The first-order chi connectivity index (χ1) is 12.2. The van der Waals surface area contributed by atoms with Gasteiger partial charge in [-0.05, 0) is 33.0 Å². The molecule has 0 aliphatic carbocycles. The van der Waals surface area contributed by atoms with Crippen LogP contribution in [0.2, 0.25) is 0 Å². The first-order valence-corrected chi connectivity index (χ1v) is 10.5. The molecule has 144 valence electrons. The van der Waals surface area contributed by atoms with E-state index >= 15 is 0 Å². The molecule has 1 heterocycles. The number of likely N-dealkylation sites (N-methyl/N-ethyl adjacent to an activating group) is 1. The lowest BCUT2D eigenvalue weighted by Crippen LogP contribution is -2.50. The van der Waals surface area contributed by atoms with Gasteiger partial charge in [0.15, 0.2) is 9.84 Å². The molecule has 2 atom stereocenters. The number of rotatable bonds is 6. The van der Waals surface area contributed by atoms with Gasteiger partial charge >= 0.3 is 11.8 Å². The molecule has 1 saturated heterocycles. The number of sulfone groups is 1. The van der Waals surface area contributed by atoms with Crippen molar-refractivity contribution in [3.05, 3.63) is 35.9 Å². The molecule has 0 radical (unpaired) electrons. The Morgan fingerprint density at radius 1 is 1.19 bits per heavy atom. The monoisotopic (exact) mass is 381 g/mol. The summed E-state index contributed by atoms with van der Waals surface area (Å²) in [4.78, 5) is 28.5. The highest BCUT2D eigenvalue weighted by Crippen LogP contribution is 2.18. The van der Waals surface area contributed by atoms with Crippen LogP contribution in [0, 0.1) is 0 Å². The third-order valence-electron chi connectivity index (χ3n) is 4.54. The molecule has 2 unspecified atom stereocenters. The number of nitrogens with zero attached hydrogens (tertiary/aromatic N) is 2. The molecule has 1 aliphatic heterocycles. The van der Waals surface area contributed by atoms with E-state index in [1.54, 1.807) is 0 Å². The Balaban J connectivity index is 2.08. The summed E-state index contributed by atoms with van der Waals surface area (Å²) in [6, 6.07) is 8.62. The minimum atomic E-state index is -3.14. The third kappa shape index (κ3) is 5.54. The molecule has 0 saturated carbocycles. The normalized spacial score (nSPS) is 19.9. The fourth-order valence-electron chi connectivity index (χ4n) is 2.99. The molecular formula is C18H27N3O4S. The van der Waals surface area contributed by atoms with Crippen molar-refractivity contribution < 1.29 is 18.0 Å². The summed E-state index contributed by atoms with van der Waals surface area (Å²) in [5, 5.41) is 2.72. The van der Waals surface area contributed by atoms with Gasteiger partial charge in [-0.25, -0.2) is 8.42 Å². The van der Waals surface area contributed by atoms with Crippen LogP contribution in [0.15, 0.2) is 30.3 Å². The summed E-state index contributed by atoms with van der Waals surface area (Å²) in [7, 11) is 0.590. The van der Waals surface area contributed by atoms with Gasteiger partial charge in [-0.1, -0.05) is 30.3 Å². The van der Waals surface area contributed by atoms with Crippen molar-refractivity contribution in [1.82, 2.24) is 15.1 Å². The third-order valence-corrected chi connectivity index (χ3v) is 6.29. The highest BCUT2D eigenvalue weighted by Gasteiger charge is 2.36. The van der Waals surface area contributed by atoms with Crippen LogP contribution < -0.4 is 5.32 Å². The number of carbonyl (C=O) groups is 2. The molecule has 0 aromatic heterocycles. The summed E-state index contributed by atoms with van der Waals surface area (Å²) in [5.41, 5.74) is 0.900. The predicted octanol–water partition coefficient (Wildman–Crippen LogP) is 0.441. The quantitative estimate of drug-likeness (QED) is 0.723. The minimum Gasteiger partial charge on any atom is -0.341 e. The van der Waals surface area contributed by atoms with E-state index in [2.05, 4.69) is 5.32 Å².